The van der Waals surface area contributed by atoms with E-state index in [0.717, 1.165) is 18.6 Å². The summed E-state index contributed by atoms with van der Waals surface area (Å²) in [4.78, 5) is 0. The van der Waals surface area contributed by atoms with Gasteiger partial charge in [-0.15, -0.1) is 0 Å². The molecule has 0 radical (unpaired) electrons. The summed E-state index contributed by atoms with van der Waals surface area (Å²) in [6.07, 6.45) is 1.81. The van der Waals surface area contributed by atoms with Gasteiger partial charge < -0.3 is 10.5 Å². The number of thiophene rings is 1. The van der Waals surface area contributed by atoms with E-state index in [-0.39, 0.29) is 6.04 Å². The predicted molar refractivity (Wildman–Crippen MR) is 82.1 cm³/mol. The minimum Gasteiger partial charge on any atom is -0.493 e. The van der Waals surface area contributed by atoms with Gasteiger partial charge in [-0.3, -0.25) is 0 Å². The van der Waals surface area contributed by atoms with Gasteiger partial charge >= 0.3 is 0 Å². The van der Waals surface area contributed by atoms with Gasteiger partial charge in [0.2, 0.25) is 0 Å². The monoisotopic (exact) mass is 275 g/mol. The summed E-state index contributed by atoms with van der Waals surface area (Å²) in [5.41, 5.74) is 9.69. The number of hydrogen-bond donors (Lipinski definition) is 1. The fourth-order valence-corrected chi connectivity index (χ4v) is 2.77. The van der Waals surface area contributed by atoms with Crippen molar-refractivity contribution in [3.63, 3.8) is 0 Å². The van der Waals surface area contributed by atoms with E-state index < -0.39 is 0 Å². The summed E-state index contributed by atoms with van der Waals surface area (Å²) < 4.78 is 5.92. The molecule has 2 aromatic rings. The van der Waals surface area contributed by atoms with E-state index in [0.29, 0.717) is 6.61 Å². The molecule has 1 heterocycles. The quantitative estimate of drug-likeness (QED) is 0.874. The summed E-state index contributed by atoms with van der Waals surface area (Å²) in [6.45, 7) is 4.84. The van der Waals surface area contributed by atoms with Gasteiger partial charge in [-0.25, -0.2) is 0 Å². The first-order valence-electron chi connectivity index (χ1n) is 6.64. The molecule has 2 nitrogen and oxygen atoms in total. The molecule has 1 aromatic heterocycles. The highest BCUT2D eigenvalue weighted by molar-refractivity contribution is 7.07. The molecule has 0 bridgehead atoms. The first-order valence-corrected chi connectivity index (χ1v) is 7.58. The first kappa shape index (κ1) is 14.1. The number of ether oxygens (including phenoxy) is 1. The van der Waals surface area contributed by atoms with Gasteiger partial charge in [0.15, 0.2) is 0 Å². The lowest BCUT2D eigenvalue weighted by atomic mass is 10.0. The zero-order valence-corrected chi connectivity index (χ0v) is 12.4. The van der Waals surface area contributed by atoms with Crippen molar-refractivity contribution in [3.05, 3.63) is 51.7 Å². The average Bonchev–Trinajstić information content (AvgIpc) is 2.84. The summed E-state index contributed by atoms with van der Waals surface area (Å²) in [7, 11) is 0. The van der Waals surface area contributed by atoms with Crippen LogP contribution in [0.25, 0.3) is 0 Å². The molecule has 3 heteroatoms. The second-order valence-corrected chi connectivity index (χ2v) is 5.80. The average molecular weight is 275 g/mol. The number of nitrogens with two attached hydrogens (primary N) is 1. The Morgan fingerprint density at radius 3 is 2.84 bits per heavy atom. The van der Waals surface area contributed by atoms with E-state index in [9.17, 15) is 0 Å². The summed E-state index contributed by atoms with van der Waals surface area (Å²) >= 11 is 1.73. The van der Waals surface area contributed by atoms with E-state index in [4.69, 9.17) is 10.5 Å². The Bertz CT molecular complexity index is 505. The summed E-state index contributed by atoms with van der Waals surface area (Å²) in [6, 6.07) is 8.61. The first-order chi connectivity index (χ1) is 9.15. The number of aryl methyl sites for hydroxylation is 1. The van der Waals surface area contributed by atoms with Gasteiger partial charge in [-0.2, -0.15) is 11.3 Å². The maximum Gasteiger partial charge on any atom is 0.122 e. The Balaban J connectivity index is 1.98. The molecular weight excluding hydrogens is 254 g/mol. The molecule has 2 rings (SSSR count). The minimum absolute atomic E-state index is 0.154. The van der Waals surface area contributed by atoms with Crippen LogP contribution >= 0.6 is 11.3 Å². The van der Waals surface area contributed by atoms with Gasteiger partial charge in [-0.1, -0.05) is 17.7 Å². The van der Waals surface area contributed by atoms with Crippen LogP contribution in [-0.4, -0.2) is 12.6 Å². The molecule has 0 aliphatic heterocycles. The van der Waals surface area contributed by atoms with Crippen molar-refractivity contribution >= 4 is 11.3 Å². The smallest absolute Gasteiger partial charge is 0.122 e. The van der Waals surface area contributed by atoms with Gasteiger partial charge in [0.1, 0.15) is 5.75 Å². The lowest BCUT2D eigenvalue weighted by Gasteiger charge is -2.13. The van der Waals surface area contributed by atoms with Gasteiger partial charge in [0.05, 0.1) is 6.61 Å². The lowest BCUT2D eigenvalue weighted by Crippen LogP contribution is -2.18. The van der Waals surface area contributed by atoms with Crippen molar-refractivity contribution in [1.82, 2.24) is 0 Å². The molecule has 0 saturated heterocycles. The number of benzene rings is 1. The third-order valence-electron chi connectivity index (χ3n) is 2.99. The molecule has 0 spiro atoms. The second kappa shape index (κ2) is 6.73. The highest BCUT2D eigenvalue weighted by Gasteiger charge is 2.07. The van der Waals surface area contributed by atoms with E-state index >= 15 is 0 Å². The topological polar surface area (TPSA) is 35.2 Å². The van der Waals surface area contributed by atoms with Crippen LogP contribution in [0, 0.1) is 6.92 Å². The van der Waals surface area contributed by atoms with Crippen LogP contribution in [0.3, 0.4) is 0 Å². The molecule has 0 aliphatic rings. The molecular formula is C16H21NOS. The maximum atomic E-state index is 5.92. The van der Waals surface area contributed by atoms with Crippen LogP contribution in [0.2, 0.25) is 0 Å². The largest absolute Gasteiger partial charge is 0.493 e. The molecule has 0 fully saturated rings. The van der Waals surface area contributed by atoms with Crippen molar-refractivity contribution in [1.29, 1.82) is 0 Å². The fraction of sp³-hybridized carbons (Fsp3) is 0.375. The zero-order chi connectivity index (χ0) is 13.7. The van der Waals surface area contributed by atoms with Crippen molar-refractivity contribution in [3.8, 4) is 5.75 Å². The van der Waals surface area contributed by atoms with Crippen LogP contribution in [0.1, 0.15) is 23.6 Å². The van der Waals surface area contributed by atoms with Crippen molar-refractivity contribution in [2.45, 2.75) is 32.7 Å². The summed E-state index contributed by atoms with van der Waals surface area (Å²) in [5.74, 6) is 0.970. The maximum absolute atomic E-state index is 5.92. The molecule has 1 aromatic carbocycles. The molecule has 102 valence electrons. The minimum atomic E-state index is 0.154. The SMILES string of the molecule is Cc1ccc(OCCc2ccsc2)c(CC(C)N)c1. The van der Waals surface area contributed by atoms with Crippen molar-refractivity contribution in [2.75, 3.05) is 6.61 Å². The van der Waals surface area contributed by atoms with E-state index in [2.05, 4.69) is 41.9 Å². The fourth-order valence-electron chi connectivity index (χ4n) is 2.07. The molecule has 0 saturated carbocycles. The van der Waals surface area contributed by atoms with Gasteiger partial charge in [0.25, 0.3) is 0 Å². The zero-order valence-electron chi connectivity index (χ0n) is 11.6. The Hall–Kier alpha value is -1.32. The van der Waals surface area contributed by atoms with Crippen LogP contribution in [0.15, 0.2) is 35.0 Å². The second-order valence-electron chi connectivity index (χ2n) is 5.02. The van der Waals surface area contributed by atoms with Crippen molar-refractivity contribution in [2.24, 2.45) is 5.73 Å². The van der Waals surface area contributed by atoms with Crippen molar-refractivity contribution < 1.29 is 4.74 Å². The van der Waals surface area contributed by atoms with Gasteiger partial charge in [0, 0.05) is 12.5 Å². The lowest BCUT2D eigenvalue weighted by molar-refractivity contribution is 0.318. The van der Waals surface area contributed by atoms with E-state index in [1.165, 1.54) is 16.7 Å². The Morgan fingerprint density at radius 2 is 2.16 bits per heavy atom. The third kappa shape index (κ3) is 4.37. The highest BCUT2D eigenvalue weighted by atomic mass is 32.1. The predicted octanol–water partition coefficient (Wildman–Crippen LogP) is 3.57. The Morgan fingerprint density at radius 1 is 1.32 bits per heavy atom. The highest BCUT2D eigenvalue weighted by Crippen LogP contribution is 2.21. The number of rotatable bonds is 6. The molecule has 2 N–H and O–H groups in total. The van der Waals surface area contributed by atoms with E-state index in [1.807, 2.05) is 6.92 Å². The van der Waals surface area contributed by atoms with Crippen LogP contribution in [-0.2, 0) is 12.8 Å². The Labute approximate surface area is 119 Å². The summed E-state index contributed by atoms with van der Waals surface area (Å²) in [5, 5.41) is 4.27. The normalized spacial score (nSPS) is 12.4. The van der Waals surface area contributed by atoms with Crippen LogP contribution in [0.5, 0.6) is 5.75 Å². The molecule has 0 aliphatic carbocycles. The number of hydrogen-bond acceptors (Lipinski definition) is 3. The standard InChI is InChI=1S/C16H21NOS/c1-12-3-4-16(15(9-12)10-13(2)17)18-7-5-14-6-8-19-11-14/h3-4,6,8-9,11,13H,5,7,10,17H2,1-2H3. The van der Waals surface area contributed by atoms with Crippen LogP contribution in [0.4, 0.5) is 0 Å². The molecule has 19 heavy (non-hydrogen) atoms. The van der Waals surface area contributed by atoms with E-state index in [1.54, 1.807) is 11.3 Å². The van der Waals surface area contributed by atoms with Crippen LogP contribution < -0.4 is 10.5 Å². The third-order valence-corrected chi connectivity index (χ3v) is 3.72. The molecule has 1 unspecified atom stereocenters. The Kier molecular flexibility index (Phi) is 5.00. The molecule has 1 atom stereocenters. The molecule has 0 amide bonds. The van der Waals surface area contributed by atoms with Gasteiger partial charge in [-0.05, 0) is 54.3 Å².